The molecule has 0 aliphatic carbocycles. The van der Waals surface area contributed by atoms with Crippen LogP contribution < -0.4 is 5.32 Å². The van der Waals surface area contributed by atoms with Crippen LogP contribution in [0.25, 0.3) is 11.0 Å². The van der Waals surface area contributed by atoms with E-state index in [0.29, 0.717) is 6.54 Å². The molecule has 0 bridgehead atoms. The normalized spacial score (nSPS) is 19.1. The molecule has 0 saturated carbocycles. The molecule has 1 fully saturated rings. The molecule has 1 amide bonds. The zero-order valence-electron chi connectivity index (χ0n) is 14.8. The van der Waals surface area contributed by atoms with Gasteiger partial charge in [0.25, 0.3) is 0 Å². The van der Waals surface area contributed by atoms with Crippen LogP contribution >= 0.6 is 0 Å². The zero-order chi connectivity index (χ0) is 17.9. The van der Waals surface area contributed by atoms with Gasteiger partial charge in [0.2, 0.25) is 5.91 Å². The van der Waals surface area contributed by atoms with Gasteiger partial charge in [0, 0.05) is 13.0 Å². The fraction of sp³-hybridized carbons (Fsp3) is 0.526. The fourth-order valence-corrected chi connectivity index (χ4v) is 3.28. The van der Waals surface area contributed by atoms with Crippen molar-refractivity contribution in [1.82, 2.24) is 15.3 Å². The highest BCUT2D eigenvalue weighted by molar-refractivity contribution is 5.87. The molecule has 134 valence electrons. The van der Waals surface area contributed by atoms with Gasteiger partial charge in [-0.3, -0.25) is 9.59 Å². The van der Waals surface area contributed by atoms with Crippen LogP contribution in [0.4, 0.5) is 0 Å². The SMILES string of the molecule is CC1(C)OC(=O)C[C@H]1C(=O)NCCCCCc1nc2ccccc2[nH]1. The molecule has 1 atom stereocenters. The number of unbranched alkanes of at least 4 members (excludes halogenated alkanes) is 2. The lowest BCUT2D eigenvalue weighted by molar-refractivity contribution is -0.147. The Hall–Kier alpha value is -2.37. The quantitative estimate of drug-likeness (QED) is 0.598. The predicted octanol–water partition coefficient (Wildman–Crippen LogP) is 2.73. The lowest BCUT2D eigenvalue weighted by atomic mass is 9.90. The number of nitrogens with zero attached hydrogens (tertiary/aromatic N) is 1. The Morgan fingerprint density at radius 2 is 2.12 bits per heavy atom. The van der Waals surface area contributed by atoms with Crippen LogP contribution in [0.1, 0.15) is 45.4 Å². The topological polar surface area (TPSA) is 84.1 Å². The van der Waals surface area contributed by atoms with Crippen molar-refractivity contribution in [3.63, 3.8) is 0 Å². The second-order valence-electron chi connectivity index (χ2n) is 7.14. The van der Waals surface area contributed by atoms with E-state index in [1.165, 1.54) is 0 Å². The van der Waals surface area contributed by atoms with Crippen molar-refractivity contribution < 1.29 is 14.3 Å². The first-order valence-electron chi connectivity index (χ1n) is 8.89. The number of para-hydroxylation sites is 2. The third kappa shape index (κ3) is 4.18. The minimum absolute atomic E-state index is 0.0897. The summed E-state index contributed by atoms with van der Waals surface area (Å²) in [6.07, 6.45) is 4.02. The molecule has 1 aliphatic heterocycles. The van der Waals surface area contributed by atoms with E-state index < -0.39 is 11.5 Å². The van der Waals surface area contributed by atoms with E-state index in [2.05, 4.69) is 15.3 Å². The molecule has 2 N–H and O–H groups in total. The molecular weight excluding hydrogens is 318 g/mol. The minimum atomic E-state index is -0.706. The van der Waals surface area contributed by atoms with Gasteiger partial charge in [-0.1, -0.05) is 18.6 Å². The summed E-state index contributed by atoms with van der Waals surface area (Å²) in [5.41, 5.74) is 1.36. The van der Waals surface area contributed by atoms with Gasteiger partial charge in [-0.25, -0.2) is 4.98 Å². The van der Waals surface area contributed by atoms with Gasteiger partial charge in [-0.15, -0.1) is 0 Å². The maximum atomic E-state index is 12.2. The maximum absolute atomic E-state index is 12.2. The largest absolute Gasteiger partial charge is 0.459 e. The number of nitrogens with one attached hydrogen (secondary N) is 2. The molecule has 6 heteroatoms. The number of aromatic amines is 1. The minimum Gasteiger partial charge on any atom is -0.459 e. The molecule has 3 rings (SSSR count). The summed E-state index contributed by atoms with van der Waals surface area (Å²) in [4.78, 5) is 31.5. The first-order valence-corrected chi connectivity index (χ1v) is 8.89. The van der Waals surface area contributed by atoms with Gasteiger partial charge in [-0.05, 0) is 38.8 Å². The van der Waals surface area contributed by atoms with E-state index >= 15 is 0 Å². The lowest BCUT2D eigenvalue weighted by Crippen LogP contribution is -2.40. The molecule has 0 radical (unpaired) electrons. The molecule has 2 aromatic rings. The Kier molecular flexibility index (Phi) is 5.06. The molecule has 1 aromatic carbocycles. The van der Waals surface area contributed by atoms with Gasteiger partial charge < -0.3 is 15.0 Å². The molecule has 25 heavy (non-hydrogen) atoms. The number of cyclic esters (lactones) is 1. The summed E-state index contributed by atoms with van der Waals surface area (Å²) >= 11 is 0. The third-order valence-electron chi connectivity index (χ3n) is 4.73. The van der Waals surface area contributed by atoms with Gasteiger partial charge in [-0.2, -0.15) is 0 Å². The van der Waals surface area contributed by atoms with Crippen molar-refractivity contribution >= 4 is 22.9 Å². The number of imidazole rings is 1. The van der Waals surface area contributed by atoms with Gasteiger partial charge in [0.15, 0.2) is 0 Å². The highest BCUT2D eigenvalue weighted by Gasteiger charge is 2.45. The number of aryl methyl sites for hydroxylation is 1. The standard InChI is InChI=1S/C19H25N3O3/c1-19(2)13(12-17(23)25-19)18(24)20-11-7-3-4-10-16-21-14-8-5-6-9-15(14)22-16/h5-6,8-9,13H,3-4,7,10-12H2,1-2H3,(H,20,24)(H,21,22)/t13-/m0/s1. The van der Waals surface area contributed by atoms with Crippen LogP contribution in [0.5, 0.6) is 0 Å². The van der Waals surface area contributed by atoms with Crippen molar-refractivity contribution in [2.24, 2.45) is 5.92 Å². The Morgan fingerprint density at radius 3 is 2.84 bits per heavy atom. The first kappa shape index (κ1) is 17.5. The number of esters is 1. The highest BCUT2D eigenvalue weighted by Crippen LogP contribution is 2.32. The Morgan fingerprint density at radius 1 is 1.32 bits per heavy atom. The summed E-state index contributed by atoms with van der Waals surface area (Å²) < 4.78 is 5.19. The highest BCUT2D eigenvalue weighted by atomic mass is 16.6. The Balaban J connectivity index is 1.35. The average Bonchev–Trinajstić information content (AvgIpc) is 3.09. The summed E-state index contributed by atoms with van der Waals surface area (Å²) in [5.74, 6) is 0.230. The molecular formula is C19H25N3O3. The monoisotopic (exact) mass is 343 g/mol. The van der Waals surface area contributed by atoms with E-state index in [-0.39, 0.29) is 18.3 Å². The zero-order valence-corrected chi connectivity index (χ0v) is 14.8. The number of aromatic nitrogens is 2. The number of rotatable bonds is 7. The number of carbonyl (C=O) groups is 2. The van der Waals surface area contributed by atoms with Crippen LogP contribution in [0, 0.1) is 5.92 Å². The Bertz CT molecular complexity index is 733. The van der Waals surface area contributed by atoms with Crippen molar-refractivity contribution in [3.8, 4) is 0 Å². The molecule has 0 spiro atoms. The summed E-state index contributed by atoms with van der Waals surface area (Å²) in [6.45, 7) is 4.20. The summed E-state index contributed by atoms with van der Waals surface area (Å²) in [7, 11) is 0. The first-order chi connectivity index (χ1) is 12.0. The summed E-state index contributed by atoms with van der Waals surface area (Å²) in [6, 6.07) is 8.02. The molecule has 0 unspecified atom stereocenters. The van der Waals surface area contributed by atoms with E-state index in [4.69, 9.17) is 4.74 Å². The average molecular weight is 343 g/mol. The molecule has 1 aromatic heterocycles. The number of carbonyl (C=O) groups excluding carboxylic acids is 2. The van der Waals surface area contributed by atoms with Crippen molar-refractivity contribution in [2.45, 2.75) is 51.6 Å². The number of H-pyrrole nitrogens is 1. The number of fused-ring (bicyclic) bond motifs is 1. The van der Waals surface area contributed by atoms with Gasteiger partial charge >= 0.3 is 5.97 Å². The number of ether oxygens (including phenoxy) is 1. The van der Waals surface area contributed by atoms with E-state index in [9.17, 15) is 9.59 Å². The van der Waals surface area contributed by atoms with Crippen molar-refractivity contribution in [3.05, 3.63) is 30.1 Å². The Labute approximate surface area is 147 Å². The predicted molar refractivity (Wildman–Crippen MR) is 94.9 cm³/mol. The fourth-order valence-electron chi connectivity index (χ4n) is 3.28. The van der Waals surface area contributed by atoms with Crippen LogP contribution in [-0.2, 0) is 20.7 Å². The number of hydrogen-bond donors (Lipinski definition) is 2. The van der Waals surface area contributed by atoms with Crippen LogP contribution in [-0.4, -0.2) is 34.0 Å². The lowest BCUT2D eigenvalue weighted by Gasteiger charge is -2.23. The molecule has 1 saturated heterocycles. The van der Waals surface area contributed by atoms with Gasteiger partial charge in [0.1, 0.15) is 11.4 Å². The molecule has 6 nitrogen and oxygen atoms in total. The van der Waals surface area contributed by atoms with E-state index in [0.717, 1.165) is 42.5 Å². The number of hydrogen-bond acceptors (Lipinski definition) is 4. The van der Waals surface area contributed by atoms with E-state index in [1.54, 1.807) is 13.8 Å². The number of amides is 1. The van der Waals surface area contributed by atoms with Crippen LogP contribution in [0.3, 0.4) is 0 Å². The van der Waals surface area contributed by atoms with Crippen molar-refractivity contribution in [1.29, 1.82) is 0 Å². The maximum Gasteiger partial charge on any atom is 0.307 e. The van der Waals surface area contributed by atoms with Crippen LogP contribution in [0.2, 0.25) is 0 Å². The number of benzene rings is 1. The smallest absolute Gasteiger partial charge is 0.307 e. The van der Waals surface area contributed by atoms with E-state index in [1.807, 2.05) is 24.3 Å². The van der Waals surface area contributed by atoms with Crippen LogP contribution in [0.15, 0.2) is 24.3 Å². The molecule has 2 heterocycles. The van der Waals surface area contributed by atoms with Crippen molar-refractivity contribution in [2.75, 3.05) is 6.54 Å². The second kappa shape index (κ2) is 7.25. The third-order valence-corrected chi connectivity index (χ3v) is 4.73. The summed E-state index contributed by atoms with van der Waals surface area (Å²) in [5, 5.41) is 2.93. The van der Waals surface area contributed by atoms with Gasteiger partial charge in [0.05, 0.1) is 23.4 Å². The molecule has 1 aliphatic rings. The second-order valence-corrected chi connectivity index (χ2v) is 7.14.